The van der Waals surface area contributed by atoms with E-state index in [0.29, 0.717) is 17.1 Å². The average Bonchev–Trinajstić information content (AvgIpc) is 3.12. The largest absolute Gasteiger partial charge is 0.346 e. The molecule has 8 heteroatoms. The zero-order valence-electron chi connectivity index (χ0n) is 12.1. The maximum Gasteiger partial charge on any atom is 0.265 e. The van der Waals surface area contributed by atoms with Crippen molar-refractivity contribution in [3.8, 4) is 11.3 Å². The van der Waals surface area contributed by atoms with Gasteiger partial charge in [-0.1, -0.05) is 4.49 Å². The van der Waals surface area contributed by atoms with Crippen molar-refractivity contribution >= 4 is 17.4 Å². The maximum atomic E-state index is 12.1. The third kappa shape index (κ3) is 2.86. The first-order valence-electron chi connectivity index (χ1n) is 6.65. The van der Waals surface area contributed by atoms with Gasteiger partial charge in [-0.15, -0.1) is 5.10 Å². The molecule has 0 spiro atoms. The second kappa shape index (κ2) is 6.02. The molecule has 0 aromatic carbocycles. The van der Waals surface area contributed by atoms with Crippen molar-refractivity contribution in [2.45, 2.75) is 13.5 Å². The molecule has 0 unspecified atom stereocenters. The number of hydrogen-bond donors (Lipinski definition) is 1. The van der Waals surface area contributed by atoms with Gasteiger partial charge in [-0.05, 0) is 36.7 Å². The lowest BCUT2D eigenvalue weighted by Gasteiger charge is -2.03. The number of nitrogens with one attached hydrogen (secondary N) is 1. The van der Waals surface area contributed by atoms with Crippen LogP contribution in [-0.4, -0.2) is 30.3 Å². The number of amides is 1. The molecule has 0 atom stereocenters. The highest BCUT2D eigenvalue weighted by Crippen LogP contribution is 2.17. The third-order valence-corrected chi connectivity index (χ3v) is 4.05. The fraction of sp³-hybridized carbons (Fsp3) is 0.214. The molecular formula is C14H14N6OS. The first kappa shape index (κ1) is 14.3. The van der Waals surface area contributed by atoms with Gasteiger partial charge in [0.2, 0.25) is 0 Å². The summed E-state index contributed by atoms with van der Waals surface area (Å²) in [5.74, 6) is -0.170. The number of aromatic nitrogens is 5. The van der Waals surface area contributed by atoms with Crippen molar-refractivity contribution in [3.05, 3.63) is 46.9 Å². The number of carbonyl (C=O) groups excluding carboxylic acids is 1. The van der Waals surface area contributed by atoms with Gasteiger partial charge in [-0.3, -0.25) is 14.5 Å². The standard InChI is InChI=1S/C14H14N6OS/c1-9-13(22-19-17-9)14(21)16-8-11-6-12(18-20(11)2)10-4-3-5-15-7-10/h3-7H,8H2,1-2H3,(H,16,21). The Balaban J connectivity index is 1.73. The molecule has 7 nitrogen and oxygen atoms in total. The molecule has 1 amide bonds. The topological polar surface area (TPSA) is 85.6 Å². The number of hydrogen-bond acceptors (Lipinski definition) is 6. The highest BCUT2D eigenvalue weighted by atomic mass is 32.1. The Bertz CT molecular complexity index is 795. The fourth-order valence-electron chi connectivity index (χ4n) is 2.02. The van der Waals surface area contributed by atoms with Crippen molar-refractivity contribution in [1.29, 1.82) is 0 Å². The van der Waals surface area contributed by atoms with Crippen molar-refractivity contribution in [2.24, 2.45) is 7.05 Å². The molecule has 0 aliphatic heterocycles. The summed E-state index contributed by atoms with van der Waals surface area (Å²) in [7, 11) is 1.85. The van der Waals surface area contributed by atoms with Crippen LogP contribution < -0.4 is 5.32 Å². The van der Waals surface area contributed by atoms with Crippen molar-refractivity contribution < 1.29 is 4.79 Å². The monoisotopic (exact) mass is 314 g/mol. The fourth-order valence-corrected chi connectivity index (χ4v) is 2.59. The van der Waals surface area contributed by atoms with E-state index in [2.05, 4.69) is 25.0 Å². The smallest absolute Gasteiger partial charge is 0.265 e. The van der Waals surface area contributed by atoms with E-state index in [0.717, 1.165) is 28.5 Å². The van der Waals surface area contributed by atoms with E-state index in [4.69, 9.17) is 0 Å². The van der Waals surface area contributed by atoms with Crippen molar-refractivity contribution in [3.63, 3.8) is 0 Å². The highest BCUT2D eigenvalue weighted by molar-refractivity contribution is 7.07. The van der Waals surface area contributed by atoms with E-state index in [1.807, 2.05) is 25.2 Å². The highest BCUT2D eigenvalue weighted by Gasteiger charge is 2.14. The predicted molar refractivity (Wildman–Crippen MR) is 82.3 cm³/mol. The van der Waals surface area contributed by atoms with Crippen LogP contribution in [0.2, 0.25) is 0 Å². The summed E-state index contributed by atoms with van der Waals surface area (Å²) in [6.45, 7) is 2.16. The zero-order chi connectivity index (χ0) is 15.5. The minimum absolute atomic E-state index is 0.170. The number of pyridine rings is 1. The van der Waals surface area contributed by atoms with Crippen LogP contribution in [0.25, 0.3) is 11.3 Å². The van der Waals surface area contributed by atoms with Gasteiger partial charge in [0.25, 0.3) is 5.91 Å². The normalized spacial score (nSPS) is 10.6. The molecule has 0 aliphatic carbocycles. The van der Waals surface area contributed by atoms with E-state index >= 15 is 0 Å². The molecule has 1 N–H and O–H groups in total. The van der Waals surface area contributed by atoms with Gasteiger partial charge in [0.1, 0.15) is 4.88 Å². The van der Waals surface area contributed by atoms with Gasteiger partial charge in [0.05, 0.1) is 23.6 Å². The van der Waals surface area contributed by atoms with Crippen LogP contribution in [0.3, 0.4) is 0 Å². The summed E-state index contributed by atoms with van der Waals surface area (Å²) < 4.78 is 5.52. The average molecular weight is 314 g/mol. The van der Waals surface area contributed by atoms with Crippen LogP contribution in [0.4, 0.5) is 0 Å². The van der Waals surface area contributed by atoms with E-state index in [1.165, 1.54) is 0 Å². The lowest BCUT2D eigenvalue weighted by Crippen LogP contribution is -2.23. The molecule has 112 valence electrons. The summed E-state index contributed by atoms with van der Waals surface area (Å²) in [5.41, 5.74) is 3.32. The molecule has 0 saturated heterocycles. The predicted octanol–water partition coefficient (Wildman–Crippen LogP) is 1.57. The Morgan fingerprint density at radius 2 is 2.32 bits per heavy atom. The molecular weight excluding hydrogens is 300 g/mol. The second-order valence-corrected chi connectivity index (χ2v) is 5.51. The molecule has 0 aliphatic rings. The van der Waals surface area contributed by atoms with Crippen molar-refractivity contribution in [2.75, 3.05) is 0 Å². The van der Waals surface area contributed by atoms with E-state index in [-0.39, 0.29) is 5.91 Å². The van der Waals surface area contributed by atoms with Crippen LogP contribution in [0.15, 0.2) is 30.6 Å². The Morgan fingerprint density at radius 3 is 3.00 bits per heavy atom. The maximum absolute atomic E-state index is 12.1. The lowest BCUT2D eigenvalue weighted by atomic mass is 10.2. The third-order valence-electron chi connectivity index (χ3n) is 3.22. The Morgan fingerprint density at radius 1 is 1.45 bits per heavy atom. The molecule has 22 heavy (non-hydrogen) atoms. The molecule has 0 radical (unpaired) electrons. The summed E-state index contributed by atoms with van der Waals surface area (Å²) >= 11 is 1.10. The second-order valence-electron chi connectivity index (χ2n) is 4.76. The SMILES string of the molecule is Cc1nnsc1C(=O)NCc1cc(-c2cccnc2)nn1C. The number of rotatable bonds is 4. The van der Waals surface area contributed by atoms with Crippen LogP contribution >= 0.6 is 11.5 Å². The zero-order valence-corrected chi connectivity index (χ0v) is 13.0. The molecule has 3 aromatic heterocycles. The summed E-state index contributed by atoms with van der Waals surface area (Å²) in [5, 5.41) is 11.1. The molecule has 3 heterocycles. The molecule has 0 saturated carbocycles. The summed E-state index contributed by atoms with van der Waals surface area (Å²) in [6.07, 6.45) is 3.48. The molecule has 3 aromatic rings. The van der Waals surface area contributed by atoms with Gasteiger partial charge in [-0.2, -0.15) is 5.10 Å². The Hall–Kier alpha value is -2.61. The van der Waals surface area contributed by atoms with Crippen LogP contribution in [0.1, 0.15) is 21.1 Å². The van der Waals surface area contributed by atoms with E-state index in [9.17, 15) is 4.79 Å². The van der Waals surface area contributed by atoms with Crippen LogP contribution in [0.5, 0.6) is 0 Å². The number of nitrogens with zero attached hydrogens (tertiary/aromatic N) is 5. The number of aryl methyl sites for hydroxylation is 2. The Kier molecular flexibility index (Phi) is 3.92. The van der Waals surface area contributed by atoms with E-state index in [1.54, 1.807) is 24.0 Å². The number of carbonyl (C=O) groups is 1. The van der Waals surface area contributed by atoms with Gasteiger partial charge >= 0.3 is 0 Å². The van der Waals surface area contributed by atoms with Gasteiger partial charge in [0, 0.05) is 25.0 Å². The van der Waals surface area contributed by atoms with Gasteiger partial charge in [-0.25, -0.2) is 0 Å². The lowest BCUT2D eigenvalue weighted by molar-refractivity contribution is 0.0953. The van der Waals surface area contributed by atoms with Gasteiger partial charge < -0.3 is 5.32 Å². The summed E-state index contributed by atoms with van der Waals surface area (Å²) in [4.78, 5) is 16.7. The summed E-state index contributed by atoms with van der Waals surface area (Å²) in [6, 6.07) is 5.75. The molecule has 0 bridgehead atoms. The minimum atomic E-state index is -0.170. The van der Waals surface area contributed by atoms with Crippen LogP contribution in [0, 0.1) is 6.92 Å². The minimum Gasteiger partial charge on any atom is -0.346 e. The first-order chi connectivity index (χ1) is 10.6. The van der Waals surface area contributed by atoms with E-state index < -0.39 is 0 Å². The molecule has 3 rings (SSSR count). The quantitative estimate of drug-likeness (QED) is 0.790. The van der Waals surface area contributed by atoms with Crippen molar-refractivity contribution in [1.82, 2.24) is 29.7 Å². The first-order valence-corrected chi connectivity index (χ1v) is 7.43. The van der Waals surface area contributed by atoms with Crippen LogP contribution in [-0.2, 0) is 13.6 Å². The molecule has 0 fully saturated rings. The van der Waals surface area contributed by atoms with Gasteiger partial charge in [0.15, 0.2) is 0 Å². The Labute approximate surface area is 131 Å².